The summed E-state index contributed by atoms with van der Waals surface area (Å²) in [5.41, 5.74) is 0. The van der Waals surface area contributed by atoms with Gasteiger partial charge in [0.25, 0.3) is 0 Å². The summed E-state index contributed by atoms with van der Waals surface area (Å²) in [5, 5.41) is 0. The molecular weight excluding hydrogens is 612 g/mol. The molecule has 0 radical (unpaired) electrons. The van der Waals surface area contributed by atoms with E-state index in [0.717, 1.165) is 83.5 Å². The Bertz CT molecular complexity index is 804. The number of esters is 3. The third-order valence-electron chi connectivity index (χ3n) is 8.91. The molecule has 1 atom stereocenters. The monoisotopic (exact) mass is 691 g/mol. The van der Waals surface area contributed by atoms with Gasteiger partial charge < -0.3 is 14.2 Å². The van der Waals surface area contributed by atoms with Gasteiger partial charge in [-0.2, -0.15) is 0 Å². The van der Waals surface area contributed by atoms with Gasteiger partial charge in [-0.1, -0.05) is 161 Å². The molecule has 49 heavy (non-hydrogen) atoms. The van der Waals surface area contributed by atoms with E-state index < -0.39 is 6.10 Å². The summed E-state index contributed by atoms with van der Waals surface area (Å²) in [5.74, 6) is -0.899. The second-order valence-corrected chi connectivity index (χ2v) is 13.9. The number of unbranched alkanes of at least 4 members (excludes halogenated alkanes) is 22. The van der Waals surface area contributed by atoms with Crippen LogP contribution in [0.15, 0.2) is 24.3 Å². The van der Waals surface area contributed by atoms with E-state index in [1.54, 1.807) is 0 Å². The van der Waals surface area contributed by atoms with Crippen LogP contribution in [0.4, 0.5) is 0 Å². The molecule has 0 N–H and O–H groups in total. The molecule has 6 nitrogen and oxygen atoms in total. The minimum atomic E-state index is -0.770. The molecular formula is C43H78O6. The minimum Gasteiger partial charge on any atom is -0.462 e. The summed E-state index contributed by atoms with van der Waals surface area (Å²) in [6.45, 7) is 6.49. The fraction of sp³-hybridized carbons (Fsp3) is 0.837. The van der Waals surface area contributed by atoms with Crippen molar-refractivity contribution in [3.63, 3.8) is 0 Å². The Morgan fingerprint density at radius 1 is 0.388 bits per heavy atom. The molecule has 0 aromatic carbocycles. The molecule has 286 valence electrons. The lowest BCUT2D eigenvalue weighted by molar-refractivity contribution is -0.167. The largest absolute Gasteiger partial charge is 0.462 e. The smallest absolute Gasteiger partial charge is 0.306 e. The molecule has 0 amide bonds. The van der Waals surface area contributed by atoms with Crippen LogP contribution in [0.1, 0.15) is 213 Å². The standard InChI is InChI=1S/C43H78O6/c1-4-7-10-13-16-19-22-25-27-30-33-36-42(45)48-39-40(49-43(46)37-34-31-28-24-21-18-15-12-9-6-3)38-47-41(44)35-32-29-26-23-20-17-14-11-8-5-2/h12-13,15-16,40H,4-11,14,17-39H2,1-3H3/b15-12-,16-13-. The van der Waals surface area contributed by atoms with Crippen LogP contribution in [0.25, 0.3) is 0 Å². The molecule has 0 spiro atoms. The quantitative estimate of drug-likeness (QED) is 0.0279. The fourth-order valence-corrected chi connectivity index (χ4v) is 5.72. The van der Waals surface area contributed by atoms with E-state index in [9.17, 15) is 14.4 Å². The Hall–Kier alpha value is -2.11. The summed E-state index contributed by atoms with van der Waals surface area (Å²) in [4.78, 5) is 37.5. The maximum absolute atomic E-state index is 12.6. The Morgan fingerprint density at radius 2 is 0.735 bits per heavy atom. The molecule has 0 fully saturated rings. The lowest BCUT2D eigenvalue weighted by Crippen LogP contribution is -2.30. The highest BCUT2D eigenvalue weighted by Crippen LogP contribution is 2.14. The average Bonchev–Trinajstić information content (AvgIpc) is 3.10. The predicted molar refractivity (Wildman–Crippen MR) is 206 cm³/mol. The van der Waals surface area contributed by atoms with Crippen LogP contribution in [0.5, 0.6) is 0 Å². The van der Waals surface area contributed by atoms with Gasteiger partial charge in [-0.25, -0.2) is 0 Å². The van der Waals surface area contributed by atoms with E-state index in [0.29, 0.717) is 19.3 Å². The van der Waals surface area contributed by atoms with Crippen molar-refractivity contribution in [2.75, 3.05) is 13.2 Å². The molecule has 0 saturated heterocycles. The van der Waals surface area contributed by atoms with E-state index in [1.807, 2.05) is 0 Å². The lowest BCUT2D eigenvalue weighted by Gasteiger charge is -2.18. The highest BCUT2D eigenvalue weighted by Gasteiger charge is 2.19. The van der Waals surface area contributed by atoms with Crippen LogP contribution < -0.4 is 0 Å². The first-order valence-electron chi connectivity index (χ1n) is 20.8. The topological polar surface area (TPSA) is 78.9 Å². The summed E-state index contributed by atoms with van der Waals surface area (Å²) in [6, 6.07) is 0. The fourth-order valence-electron chi connectivity index (χ4n) is 5.72. The third kappa shape index (κ3) is 37.0. The van der Waals surface area contributed by atoms with Crippen molar-refractivity contribution in [1.29, 1.82) is 0 Å². The second-order valence-electron chi connectivity index (χ2n) is 13.9. The third-order valence-corrected chi connectivity index (χ3v) is 8.91. The zero-order valence-electron chi connectivity index (χ0n) is 32.5. The van der Waals surface area contributed by atoms with Crippen LogP contribution in [-0.2, 0) is 28.6 Å². The first kappa shape index (κ1) is 46.9. The van der Waals surface area contributed by atoms with Crippen molar-refractivity contribution in [1.82, 2.24) is 0 Å². The van der Waals surface area contributed by atoms with Crippen molar-refractivity contribution < 1.29 is 28.6 Å². The summed E-state index contributed by atoms with van der Waals surface area (Å²) >= 11 is 0. The van der Waals surface area contributed by atoms with Crippen molar-refractivity contribution >= 4 is 17.9 Å². The number of hydrogen-bond donors (Lipinski definition) is 0. The number of hydrogen-bond acceptors (Lipinski definition) is 6. The Morgan fingerprint density at radius 3 is 1.16 bits per heavy atom. The van der Waals surface area contributed by atoms with Gasteiger partial charge in [0.05, 0.1) is 0 Å². The van der Waals surface area contributed by atoms with Crippen molar-refractivity contribution in [3.05, 3.63) is 24.3 Å². The van der Waals surface area contributed by atoms with Gasteiger partial charge in [0, 0.05) is 19.3 Å². The van der Waals surface area contributed by atoms with Crippen LogP contribution in [0.2, 0.25) is 0 Å². The van der Waals surface area contributed by atoms with Crippen molar-refractivity contribution in [2.45, 2.75) is 219 Å². The first-order valence-corrected chi connectivity index (χ1v) is 20.8. The molecule has 0 aliphatic heterocycles. The van der Waals surface area contributed by atoms with E-state index >= 15 is 0 Å². The highest BCUT2D eigenvalue weighted by atomic mass is 16.6. The predicted octanol–water partition coefficient (Wildman–Crippen LogP) is 12.9. The molecule has 1 unspecified atom stereocenters. The van der Waals surface area contributed by atoms with E-state index in [1.165, 1.54) is 89.9 Å². The molecule has 6 heteroatoms. The number of ether oxygens (including phenoxy) is 3. The Kier molecular flexibility index (Phi) is 37.0. The van der Waals surface area contributed by atoms with Crippen LogP contribution in [0.3, 0.4) is 0 Å². The Balaban J connectivity index is 4.38. The maximum atomic E-state index is 12.6. The van der Waals surface area contributed by atoms with Crippen LogP contribution in [0, 0.1) is 0 Å². The van der Waals surface area contributed by atoms with Crippen LogP contribution in [-0.4, -0.2) is 37.2 Å². The number of carbonyl (C=O) groups is 3. The zero-order chi connectivity index (χ0) is 35.9. The molecule has 0 heterocycles. The molecule has 0 aliphatic rings. The van der Waals surface area contributed by atoms with Crippen LogP contribution >= 0.6 is 0 Å². The number of rotatable bonds is 37. The number of carbonyl (C=O) groups excluding carboxylic acids is 3. The second kappa shape index (κ2) is 38.7. The molecule has 0 aromatic rings. The summed E-state index contributed by atoms with van der Waals surface area (Å²) in [6.07, 6.45) is 40.2. The van der Waals surface area contributed by atoms with Gasteiger partial charge in [-0.3, -0.25) is 14.4 Å². The Labute approximate surface area is 303 Å². The maximum Gasteiger partial charge on any atom is 0.306 e. The van der Waals surface area contributed by atoms with Gasteiger partial charge in [-0.15, -0.1) is 0 Å². The molecule has 0 aliphatic carbocycles. The highest BCUT2D eigenvalue weighted by molar-refractivity contribution is 5.71. The van der Waals surface area contributed by atoms with Crippen molar-refractivity contribution in [2.24, 2.45) is 0 Å². The minimum absolute atomic E-state index is 0.0753. The summed E-state index contributed by atoms with van der Waals surface area (Å²) < 4.78 is 16.6. The van der Waals surface area contributed by atoms with Gasteiger partial charge in [-0.05, 0) is 57.8 Å². The first-order chi connectivity index (χ1) is 24.0. The normalized spacial score (nSPS) is 12.1. The molecule has 0 aromatic heterocycles. The molecule has 0 bridgehead atoms. The molecule has 0 saturated carbocycles. The average molecular weight is 691 g/mol. The number of allylic oxidation sites excluding steroid dienone is 4. The lowest BCUT2D eigenvalue weighted by atomic mass is 10.1. The van der Waals surface area contributed by atoms with Gasteiger partial charge >= 0.3 is 17.9 Å². The van der Waals surface area contributed by atoms with Crippen molar-refractivity contribution in [3.8, 4) is 0 Å². The SMILES string of the molecule is CCC/C=C\CCCCCCCC(=O)OC(COC(=O)CCCCCCC/C=C\CCCC)COC(=O)CCCCCCCCCCCC. The van der Waals surface area contributed by atoms with E-state index in [4.69, 9.17) is 14.2 Å². The van der Waals surface area contributed by atoms with Gasteiger partial charge in [0.1, 0.15) is 13.2 Å². The van der Waals surface area contributed by atoms with Gasteiger partial charge in [0.15, 0.2) is 6.10 Å². The van der Waals surface area contributed by atoms with Gasteiger partial charge in [0.2, 0.25) is 0 Å². The zero-order valence-corrected chi connectivity index (χ0v) is 32.5. The molecule has 0 rings (SSSR count). The summed E-state index contributed by atoms with van der Waals surface area (Å²) in [7, 11) is 0. The van der Waals surface area contributed by atoms with E-state index in [2.05, 4.69) is 45.1 Å². The van der Waals surface area contributed by atoms with E-state index in [-0.39, 0.29) is 31.1 Å².